The number of hydrogen-bond acceptors (Lipinski definition) is 4. The van der Waals surface area contributed by atoms with E-state index in [1.807, 2.05) is 48.5 Å². The topological polar surface area (TPSA) is 54.3 Å². The number of methoxy groups -OCH3 is 1. The Hall–Kier alpha value is -2.49. The molecule has 0 aromatic heterocycles. The number of ether oxygens (including phenoxy) is 2. The van der Waals surface area contributed by atoms with E-state index >= 15 is 0 Å². The predicted octanol–water partition coefficient (Wildman–Crippen LogP) is 3.16. The van der Waals surface area contributed by atoms with Crippen LogP contribution in [-0.2, 0) is 4.74 Å². The fourth-order valence-electron chi connectivity index (χ4n) is 2.09. The van der Waals surface area contributed by atoms with Gasteiger partial charge in [-0.05, 0) is 36.4 Å². The Morgan fingerprint density at radius 2 is 1.84 bits per heavy atom. The monoisotopic (exact) mass is 254 g/mol. The third-order valence-electron chi connectivity index (χ3n) is 3.11. The number of hydrogen-bond donors (Lipinski definition) is 2. The minimum atomic E-state index is -0.340. The fourth-order valence-corrected chi connectivity index (χ4v) is 2.09. The van der Waals surface area contributed by atoms with Crippen molar-refractivity contribution in [2.45, 2.75) is 6.23 Å². The largest absolute Gasteiger partial charge is 0.497 e. The number of benzene rings is 2. The molecule has 1 heterocycles. The SMILES string of the molecule is COc1ccc(C2Nc3ccccc3C(=N)O2)cc1. The van der Waals surface area contributed by atoms with Crippen molar-refractivity contribution in [3.8, 4) is 5.75 Å². The van der Waals surface area contributed by atoms with E-state index in [0.717, 1.165) is 22.6 Å². The molecule has 1 aliphatic heterocycles. The standard InChI is InChI=1S/C15H14N2O2/c1-18-11-8-6-10(7-9-11)15-17-13-5-3-2-4-12(13)14(16)19-15/h2-9,15-17H,1H3. The molecule has 1 unspecified atom stereocenters. The zero-order valence-electron chi connectivity index (χ0n) is 10.5. The summed E-state index contributed by atoms with van der Waals surface area (Å²) in [4.78, 5) is 0. The first-order valence-corrected chi connectivity index (χ1v) is 6.03. The number of rotatable bonds is 2. The third kappa shape index (κ3) is 2.12. The summed E-state index contributed by atoms with van der Waals surface area (Å²) in [5.74, 6) is 0.991. The summed E-state index contributed by atoms with van der Waals surface area (Å²) in [6.07, 6.45) is -0.340. The normalized spacial score (nSPS) is 17.1. The highest BCUT2D eigenvalue weighted by Crippen LogP contribution is 2.30. The molecule has 0 saturated heterocycles. The van der Waals surface area contributed by atoms with Crippen molar-refractivity contribution in [1.82, 2.24) is 0 Å². The highest BCUT2D eigenvalue weighted by Gasteiger charge is 2.23. The Balaban J connectivity index is 1.90. The van der Waals surface area contributed by atoms with Crippen LogP contribution in [0.2, 0.25) is 0 Å². The molecule has 0 amide bonds. The zero-order valence-corrected chi connectivity index (χ0v) is 10.5. The molecular formula is C15H14N2O2. The van der Waals surface area contributed by atoms with Gasteiger partial charge in [0.25, 0.3) is 0 Å². The number of nitrogens with one attached hydrogen (secondary N) is 2. The van der Waals surface area contributed by atoms with Gasteiger partial charge < -0.3 is 14.8 Å². The van der Waals surface area contributed by atoms with Crippen LogP contribution >= 0.6 is 0 Å². The molecular weight excluding hydrogens is 240 g/mol. The Bertz CT molecular complexity index is 608. The lowest BCUT2D eigenvalue weighted by atomic mass is 10.1. The summed E-state index contributed by atoms with van der Waals surface area (Å²) in [5.41, 5.74) is 2.66. The van der Waals surface area contributed by atoms with Crippen LogP contribution in [0, 0.1) is 5.41 Å². The van der Waals surface area contributed by atoms with Gasteiger partial charge in [0.05, 0.1) is 12.7 Å². The summed E-state index contributed by atoms with van der Waals surface area (Å²) in [6.45, 7) is 0. The van der Waals surface area contributed by atoms with Crippen LogP contribution in [0.15, 0.2) is 48.5 Å². The number of para-hydroxylation sites is 1. The second kappa shape index (κ2) is 4.65. The van der Waals surface area contributed by atoms with Gasteiger partial charge >= 0.3 is 0 Å². The fraction of sp³-hybridized carbons (Fsp3) is 0.133. The van der Waals surface area contributed by atoms with E-state index in [1.165, 1.54) is 0 Å². The first kappa shape index (κ1) is 11.6. The van der Waals surface area contributed by atoms with Crippen LogP contribution in [0.3, 0.4) is 0 Å². The van der Waals surface area contributed by atoms with Gasteiger partial charge in [-0.1, -0.05) is 12.1 Å². The zero-order chi connectivity index (χ0) is 13.2. The second-order valence-corrected chi connectivity index (χ2v) is 4.29. The van der Waals surface area contributed by atoms with E-state index in [1.54, 1.807) is 7.11 Å². The Morgan fingerprint density at radius 1 is 1.11 bits per heavy atom. The van der Waals surface area contributed by atoms with Crippen molar-refractivity contribution in [3.63, 3.8) is 0 Å². The van der Waals surface area contributed by atoms with Crippen LogP contribution in [-0.4, -0.2) is 13.0 Å². The lowest BCUT2D eigenvalue weighted by Gasteiger charge is -2.28. The average Bonchev–Trinajstić information content (AvgIpc) is 2.47. The second-order valence-electron chi connectivity index (χ2n) is 4.29. The first-order chi connectivity index (χ1) is 9.28. The van der Waals surface area contributed by atoms with E-state index in [4.69, 9.17) is 14.9 Å². The van der Waals surface area contributed by atoms with Crippen LogP contribution < -0.4 is 10.1 Å². The van der Waals surface area contributed by atoms with Gasteiger partial charge in [-0.3, -0.25) is 5.41 Å². The highest BCUT2D eigenvalue weighted by atomic mass is 16.5. The maximum absolute atomic E-state index is 7.94. The molecule has 4 nitrogen and oxygen atoms in total. The highest BCUT2D eigenvalue weighted by molar-refractivity contribution is 5.99. The van der Waals surface area contributed by atoms with E-state index in [9.17, 15) is 0 Å². The first-order valence-electron chi connectivity index (χ1n) is 6.03. The summed E-state index contributed by atoms with van der Waals surface area (Å²) in [7, 11) is 1.64. The van der Waals surface area contributed by atoms with Crippen molar-refractivity contribution < 1.29 is 9.47 Å². The molecule has 96 valence electrons. The van der Waals surface area contributed by atoms with Gasteiger partial charge in [0.2, 0.25) is 5.90 Å². The van der Waals surface area contributed by atoms with Gasteiger partial charge in [-0.2, -0.15) is 0 Å². The van der Waals surface area contributed by atoms with Crippen LogP contribution in [0.4, 0.5) is 5.69 Å². The minimum absolute atomic E-state index is 0.190. The Morgan fingerprint density at radius 3 is 2.58 bits per heavy atom. The Labute approximate surface area is 111 Å². The molecule has 2 aromatic carbocycles. The molecule has 3 rings (SSSR count). The number of anilines is 1. The summed E-state index contributed by atoms with van der Waals surface area (Å²) < 4.78 is 10.7. The molecule has 0 saturated carbocycles. The molecule has 0 spiro atoms. The van der Waals surface area contributed by atoms with Crippen LogP contribution in [0.1, 0.15) is 17.4 Å². The predicted molar refractivity (Wildman–Crippen MR) is 73.7 cm³/mol. The van der Waals surface area contributed by atoms with E-state index in [2.05, 4.69) is 5.32 Å². The molecule has 2 N–H and O–H groups in total. The molecule has 4 heteroatoms. The van der Waals surface area contributed by atoms with Gasteiger partial charge in [-0.15, -0.1) is 0 Å². The lowest BCUT2D eigenvalue weighted by Crippen LogP contribution is -2.25. The minimum Gasteiger partial charge on any atom is -0.497 e. The van der Waals surface area contributed by atoms with E-state index in [-0.39, 0.29) is 12.1 Å². The maximum atomic E-state index is 7.94. The van der Waals surface area contributed by atoms with Gasteiger partial charge in [0, 0.05) is 11.3 Å². The Kier molecular flexibility index (Phi) is 2.83. The smallest absolute Gasteiger partial charge is 0.217 e. The van der Waals surface area contributed by atoms with Crippen molar-refractivity contribution in [2.75, 3.05) is 12.4 Å². The summed E-state index contributed by atoms with van der Waals surface area (Å²) >= 11 is 0. The maximum Gasteiger partial charge on any atom is 0.217 e. The molecule has 0 aliphatic carbocycles. The molecule has 19 heavy (non-hydrogen) atoms. The molecule has 0 fully saturated rings. The molecule has 0 bridgehead atoms. The summed E-state index contributed by atoms with van der Waals surface area (Å²) in [6, 6.07) is 15.3. The molecule has 2 aromatic rings. The van der Waals surface area contributed by atoms with Gasteiger partial charge in [0.1, 0.15) is 5.75 Å². The van der Waals surface area contributed by atoms with E-state index in [0.29, 0.717) is 0 Å². The van der Waals surface area contributed by atoms with Crippen LogP contribution in [0.5, 0.6) is 5.75 Å². The van der Waals surface area contributed by atoms with Crippen LogP contribution in [0.25, 0.3) is 0 Å². The van der Waals surface area contributed by atoms with Gasteiger partial charge in [0.15, 0.2) is 6.23 Å². The molecule has 1 aliphatic rings. The lowest BCUT2D eigenvalue weighted by molar-refractivity contribution is 0.214. The van der Waals surface area contributed by atoms with Gasteiger partial charge in [-0.25, -0.2) is 0 Å². The van der Waals surface area contributed by atoms with Crippen molar-refractivity contribution >= 4 is 11.6 Å². The number of fused-ring (bicyclic) bond motifs is 1. The summed E-state index contributed by atoms with van der Waals surface area (Å²) in [5, 5.41) is 11.2. The van der Waals surface area contributed by atoms with Crippen molar-refractivity contribution in [1.29, 1.82) is 5.41 Å². The van der Waals surface area contributed by atoms with E-state index < -0.39 is 0 Å². The average molecular weight is 254 g/mol. The van der Waals surface area contributed by atoms with Crippen molar-refractivity contribution in [3.05, 3.63) is 59.7 Å². The molecule has 1 atom stereocenters. The molecule has 0 radical (unpaired) electrons. The quantitative estimate of drug-likeness (QED) is 0.865. The van der Waals surface area contributed by atoms with Crippen molar-refractivity contribution in [2.24, 2.45) is 0 Å². The third-order valence-corrected chi connectivity index (χ3v) is 3.11.